The van der Waals surface area contributed by atoms with Crippen molar-refractivity contribution in [2.75, 3.05) is 0 Å². The van der Waals surface area contributed by atoms with E-state index in [1.807, 2.05) is 42.5 Å². The second kappa shape index (κ2) is 5.96. The van der Waals surface area contributed by atoms with E-state index in [1.54, 1.807) is 12.3 Å². The second-order valence-electron chi connectivity index (χ2n) is 6.17. The summed E-state index contributed by atoms with van der Waals surface area (Å²) in [4.78, 5) is 16.9. The average Bonchev–Trinajstić information content (AvgIpc) is 2.99. The number of amides is 1. The Morgan fingerprint density at radius 2 is 2.00 bits per heavy atom. The number of carbonyl (C=O) groups excluding carboxylic acids is 1. The third-order valence-corrected chi connectivity index (χ3v) is 4.65. The summed E-state index contributed by atoms with van der Waals surface area (Å²) in [5.41, 5.74) is 3.79. The van der Waals surface area contributed by atoms with Crippen molar-refractivity contribution >= 4 is 16.8 Å². The molecule has 0 radical (unpaired) electrons. The first kappa shape index (κ1) is 14.7. The zero-order valence-corrected chi connectivity index (χ0v) is 13.2. The van der Waals surface area contributed by atoms with Crippen LogP contribution in [0.15, 0.2) is 54.7 Å². The van der Waals surface area contributed by atoms with E-state index in [1.165, 1.54) is 0 Å². The highest BCUT2D eigenvalue weighted by Crippen LogP contribution is 2.36. The monoisotopic (exact) mass is 318 g/mol. The van der Waals surface area contributed by atoms with Gasteiger partial charge in [-0.1, -0.05) is 36.4 Å². The molecule has 0 bridgehead atoms. The van der Waals surface area contributed by atoms with Gasteiger partial charge in [-0.15, -0.1) is 0 Å². The van der Waals surface area contributed by atoms with Crippen LogP contribution in [0.25, 0.3) is 10.9 Å². The molecule has 0 fully saturated rings. The minimum atomic E-state index is -0.0254. The summed E-state index contributed by atoms with van der Waals surface area (Å²) in [5, 5.41) is 14.1. The van der Waals surface area contributed by atoms with Crippen LogP contribution in [-0.4, -0.2) is 16.0 Å². The first-order valence-electron chi connectivity index (χ1n) is 8.15. The lowest BCUT2D eigenvalue weighted by molar-refractivity contribution is -0.121. The summed E-state index contributed by atoms with van der Waals surface area (Å²) in [6.07, 6.45) is 3.67. The summed E-state index contributed by atoms with van der Waals surface area (Å²) in [6, 6.07) is 15.3. The fraction of sp³-hybridized carbons (Fsp3) is 0.200. The van der Waals surface area contributed by atoms with E-state index in [-0.39, 0.29) is 11.9 Å². The Hall–Kier alpha value is -2.88. The molecule has 1 amide bonds. The van der Waals surface area contributed by atoms with Gasteiger partial charge in [0.1, 0.15) is 5.75 Å². The topological polar surface area (TPSA) is 62.2 Å². The molecule has 1 heterocycles. The molecule has 24 heavy (non-hydrogen) atoms. The molecule has 1 aliphatic carbocycles. The number of hydrogen-bond acceptors (Lipinski definition) is 3. The Balaban J connectivity index is 1.53. The standard InChI is InChI=1S/C20H18N2O2/c23-18-8-2-7-15-16(18)9-10-17(15)22-19(24)12-14-5-1-4-13-6-3-11-21-20(13)14/h1-8,11,17,23H,9-10,12H2,(H,22,24)/t17-/m1/s1. The molecule has 4 nitrogen and oxygen atoms in total. The zero-order chi connectivity index (χ0) is 16.5. The number of aromatic hydroxyl groups is 1. The van der Waals surface area contributed by atoms with Crippen LogP contribution in [0.1, 0.15) is 29.2 Å². The predicted molar refractivity (Wildman–Crippen MR) is 92.8 cm³/mol. The van der Waals surface area contributed by atoms with Crippen molar-refractivity contribution < 1.29 is 9.90 Å². The van der Waals surface area contributed by atoms with Gasteiger partial charge >= 0.3 is 0 Å². The quantitative estimate of drug-likeness (QED) is 0.779. The van der Waals surface area contributed by atoms with Crippen molar-refractivity contribution in [3.8, 4) is 5.75 Å². The molecule has 0 spiro atoms. The Kier molecular flexibility index (Phi) is 3.65. The number of hydrogen-bond donors (Lipinski definition) is 2. The van der Waals surface area contributed by atoms with E-state index >= 15 is 0 Å². The zero-order valence-electron chi connectivity index (χ0n) is 13.2. The molecule has 2 aromatic carbocycles. The van der Waals surface area contributed by atoms with Crippen LogP contribution < -0.4 is 5.32 Å². The lowest BCUT2D eigenvalue weighted by atomic mass is 10.1. The van der Waals surface area contributed by atoms with Crippen LogP contribution in [0.5, 0.6) is 5.75 Å². The van der Waals surface area contributed by atoms with Gasteiger partial charge in [-0.05, 0) is 41.7 Å². The highest BCUT2D eigenvalue weighted by atomic mass is 16.3. The van der Waals surface area contributed by atoms with Crippen LogP contribution in [0.4, 0.5) is 0 Å². The maximum atomic E-state index is 12.5. The lowest BCUT2D eigenvalue weighted by Crippen LogP contribution is -2.28. The number of phenolic OH excluding ortho intramolecular Hbond substituents is 1. The molecule has 0 unspecified atom stereocenters. The van der Waals surface area contributed by atoms with Gasteiger partial charge in [0.15, 0.2) is 0 Å². The molecule has 0 aliphatic heterocycles. The van der Waals surface area contributed by atoms with E-state index in [4.69, 9.17) is 0 Å². The first-order valence-corrected chi connectivity index (χ1v) is 8.15. The minimum absolute atomic E-state index is 0.0191. The van der Waals surface area contributed by atoms with Gasteiger partial charge in [-0.3, -0.25) is 9.78 Å². The maximum absolute atomic E-state index is 12.5. The summed E-state index contributed by atoms with van der Waals surface area (Å²) in [6.45, 7) is 0. The van der Waals surface area contributed by atoms with Crippen LogP contribution >= 0.6 is 0 Å². The largest absolute Gasteiger partial charge is 0.508 e. The molecule has 2 N–H and O–H groups in total. The average molecular weight is 318 g/mol. The normalized spacial score (nSPS) is 16.1. The number of para-hydroxylation sites is 1. The molecular formula is C20H18N2O2. The molecular weight excluding hydrogens is 300 g/mol. The van der Waals surface area contributed by atoms with E-state index < -0.39 is 0 Å². The number of aromatic nitrogens is 1. The summed E-state index contributed by atoms with van der Waals surface area (Å²) >= 11 is 0. The third-order valence-electron chi connectivity index (χ3n) is 4.65. The van der Waals surface area contributed by atoms with Gasteiger partial charge in [0.05, 0.1) is 18.0 Å². The van der Waals surface area contributed by atoms with Crippen molar-refractivity contribution in [2.45, 2.75) is 25.3 Å². The number of carbonyl (C=O) groups is 1. The Morgan fingerprint density at radius 1 is 1.17 bits per heavy atom. The fourth-order valence-electron chi connectivity index (χ4n) is 3.51. The summed E-state index contributed by atoms with van der Waals surface area (Å²) in [5.74, 6) is 0.303. The smallest absolute Gasteiger partial charge is 0.224 e. The number of benzene rings is 2. The molecule has 4 heteroatoms. The van der Waals surface area contributed by atoms with Gasteiger partial charge in [-0.25, -0.2) is 0 Å². The maximum Gasteiger partial charge on any atom is 0.224 e. The second-order valence-corrected chi connectivity index (χ2v) is 6.17. The van der Waals surface area contributed by atoms with E-state index in [0.717, 1.165) is 40.4 Å². The fourth-order valence-corrected chi connectivity index (χ4v) is 3.51. The van der Waals surface area contributed by atoms with E-state index in [9.17, 15) is 9.90 Å². The number of fused-ring (bicyclic) bond motifs is 2. The Labute approximate surface area is 140 Å². The van der Waals surface area contributed by atoms with Crippen molar-refractivity contribution in [3.05, 3.63) is 71.4 Å². The SMILES string of the molecule is O=C(Cc1cccc2cccnc12)N[C@@H]1CCc2c(O)cccc21. The number of nitrogens with one attached hydrogen (secondary N) is 1. The van der Waals surface area contributed by atoms with Crippen LogP contribution in [0.2, 0.25) is 0 Å². The van der Waals surface area contributed by atoms with E-state index in [0.29, 0.717) is 12.2 Å². The summed E-state index contributed by atoms with van der Waals surface area (Å²) in [7, 11) is 0. The Bertz CT molecular complexity index is 915. The van der Waals surface area contributed by atoms with Crippen LogP contribution in [0.3, 0.4) is 0 Å². The minimum Gasteiger partial charge on any atom is -0.508 e. The number of pyridine rings is 1. The van der Waals surface area contributed by atoms with Crippen molar-refractivity contribution in [1.82, 2.24) is 10.3 Å². The molecule has 1 atom stereocenters. The summed E-state index contributed by atoms with van der Waals surface area (Å²) < 4.78 is 0. The molecule has 120 valence electrons. The number of phenols is 1. The van der Waals surface area contributed by atoms with E-state index in [2.05, 4.69) is 10.3 Å². The van der Waals surface area contributed by atoms with Gasteiger partial charge in [0.25, 0.3) is 0 Å². The molecule has 1 aliphatic rings. The third kappa shape index (κ3) is 2.60. The highest BCUT2D eigenvalue weighted by molar-refractivity contribution is 5.87. The number of nitrogens with zero attached hydrogens (tertiary/aromatic N) is 1. The molecule has 1 aromatic heterocycles. The highest BCUT2D eigenvalue weighted by Gasteiger charge is 2.25. The van der Waals surface area contributed by atoms with Gasteiger partial charge in [0.2, 0.25) is 5.91 Å². The van der Waals surface area contributed by atoms with Crippen LogP contribution in [0, 0.1) is 0 Å². The van der Waals surface area contributed by atoms with Gasteiger partial charge in [-0.2, -0.15) is 0 Å². The first-order chi connectivity index (χ1) is 11.7. The van der Waals surface area contributed by atoms with Crippen molar-refractivity contribution in [1.29, 1.82) is 0 Å². The molecule has 3 aromatic rings. The van der Waals surface area contributed by atoms with Crippen molar-refractivity contribution in [2.24, 2.45) is 0 Å². The Morgan fingerprint density at radius 3 is 2.92 bits per heavy atom. The predicted octanol–water partition coefficient (Wildman–Crippen LogP) is 3.29. The van der Waals surface area contributed by atoms with Crippen molar-refractivity contribution in [3.63, 3.8) is 0 Å². The van der Waals surface area contributed by atoms with Gasteiger partial charge < -0.3 is 10.4 Å². The molecule has 0 saturated heterocycles. The molecule has 0 saturated carbocycles. The molecule has 4 rings (SSSR count). The van der Waals surface area contributed by atoms with Crippen LogP contribution in [-0.2, 0) is 17.6 Å². The lowest BCUT2D eigenvalue weighted by Gasteiger charge is -2.15. The number of rotatable bonds is 3. The van der Waals surface area contributed by atoms with Gasteiger partial charge in [0, 0.05) is 11.6 Å².